The molecule has 5 rings (SSSR count). The Labute approximate surface area is 184 Å². The largest absolute Gasteiger partial charge is 0.493 e. The van der Waals surface area contributed by atoms with Crippen molar-refractivity contribution in [3.8, 4) is 5.75 Å². The molecule has 5 amide bonds. The number of anilines is 2. The average Bonchev–Trinajstić information content (AvgIpc) is 2.91. The van der Waals surface area contributed by atoms with Crippen LogP contribution in [0.4, 0.5) is 16.2 Å². The van der Waals surface area contributed by atoms with Gasteiger partial charge in [-0.2, -0.15) is 0 Å². The smallest absolute Gasteiger partial charge is 0.325 e. The Morgan fingerprint density at radius 2 is 1.88 bits per heavy atom. The van der Waals surface area contributed by atoms with Crippen LogP contribution in [-0.4, -0.2) is 47.8 Å². The summed E-state index contributed by atoms with van der Waals surface area (Å²) in [7, 11) is 0. The fourth-order valence-corrected chi connectivity index (χ4v) is 4.69. The molecular formula is C23H22N4O5. The highest BCUT2D eigenvalue weighted by Crippen LogP contribution is 2.41. The van der Waals surface area contributed by atoms with E-state index in [1.165, 1.54) is 4.90 Å². The first-order valence-electron chi connectivity index (χ1n) is 10.5. The number of nitrogens with zero attached hydrogens (tertiary/aromatic N) is 2. The van der Waals surface area contributed by atoms with E-state index in [0.717, 1.165) is 4.90 Å². The van der Waals surface area contributed by atoms with Crippen LogP contribution in [0.1, 0.15) is 25.3 Å². The summed E-state index contributed by atoms with van der Waals surface area (Å²) in [5, 5.41) is 5.60. The van der Waals surface area contributed by atoms with E-state index < -0.39 is 36.0 Å². The molecule has 9 nitrogen and oxygen atoms in total. The number of hydrogen-bond donors (Lipinski definition) is 2. The molecule has 164 valence electrons. The van der Waals surface area contributed by atoms with E-state index in [2.05, 4.69) is 10.6 Å². The molecule has 3 aliphatic heterocycles. The fourth-order valence-electron chi connectivity index (χ4n) is 4.69. The summed E-state index contributed by atoms with van der Waals surface area (Å²) in [6, 6.07) is 13.0. The second kappa shape index (κ2) is 7.37. The van der Waals surface area contributed by atoms with Gasteiger partial charge < -0.3 is 20.3 Å². The summed E-state index contributed by atoms with van der Waals surface area (Å²) in [6.07, 6.45) is 0.385. The van der Waals surface area contributed by atoms with Crippen molar-refractivity contribution in [1.29, 1.82) is 0 Å². The third-order valence-electron chi connectivity index (χ3n) is 6.18. The second-order valence-electron chi connectivity index (χ2n) is 8.20. The highest BCUT2D eigenvalue weighted by atomic mass is 16.5. The molecule has 2 aromatic rings. The van der Waals surface area contributed by atoms with E-state index in [1.807, 2.05) is 0 Å². The molecule has 0 aliphatic carbocycles. The van der Waals surface area contributed by atoms with E-state index >= 15 is 0 Å². The molecule has 1 fully saturated rings. The van der Waals surface area contributed by atoms with Crippen LogP contribution in [0.25, 0.3) is 0 Å². The van der Waals surface area contributed by atoms with Gasteiger partial charge in [0.15, 0.2) is 5.54 Å². The number of para-hydroxylation sites is 3. The minimum atomic E-state index is -1.24. The van der Waals surface area contributed by atoms with Crippen molar-refractivity contribution in [3.05, 3.63) is 54.1 Å². The van der Waals surface area contributed by atoms with E-state index in [9.17, 15) is 19.2 Å². The molecule has 3 heterocycles. The number of carbonyl (C=O) groups excluding carboxylic acids is 4. The summed E-state index contributed by atoms with van der Waals surface area (Å²) in [6.45, 7) is 1.61. The van der Waals surface area contributed by atoms with Crippen molar-refractivity contribution in [1.82, 2.24) is 10.2 Å². The van der Waals surface area contributed by atoms with E-state index in [-0.39, 0.29) is 25.4 Å². The molecule has 0 aromatic heterocycles. The lowest BCUT2D eigenvalue weighted by Gasteiger charge is -2.33. The maximum atomic E-state index is 13.5. The molecule has 2 N–H and O–H groups in total. The number of carbonyl (C=O) groups is 4. The van der Waals surface area contributed by atoms with Gasteiger partial charge in [-0.25, -0.2) is 4.79 Å². The molecule has 9 heteroatoms. The standard InChI is InChI=1S/C23H22N4O5/c1-14-12-19(28)24-16-7-3-4-8-17(16)27(14)20(29)13-26-21(30)23(25-22(26)31)10-11-32-18-9-5-2-6-15(18)23/h2-9,14H,10-13H2,1H3,(H,24,28)(H,25,31)/t14-,23+/m0/s1. The summed E-state index contributed by atoms with van der Waals surface area (Å²) in [5.41, 5.74) is 0.394. The van der Waals surface area contributed by atoms with Gasteiger partial charge in [0.25, 0.3) is 5.91 Å². The number of rotatable bonds is 2. The van der Waals surface area contributed by atoms with Gasteiger partial charge in [0.2, 0.25) is 11.8 Å². The minimum absolute atomic E-state index is 0.106. The SMILES string of the molecule is C[C@H]1CC(=O)Nc2ccccc2N1C(=O)CN1C(=O)N[C@@]2(CCOc3ccccc32)C1=O. The number of hydrogen-bond acceptors (Lipinski definition) is 5. The zero-order chi connectivity index (χ0) is 22.5. The van der Waals surface area contributed by atoms with E-state index in [0.29, 0.717) is 22.7 Å². The molecule has 2 aromatic carbocycles. The number of urea groups is 1. The van der Waals surface area contributed by atoms with Crippen LogP contribution in [0.2, 0.25) is 0 Å². The Morgan fingerprint density at radius 1 is 1.12 bits per heavy atom. The Balaban J connectivity index is 1.45. The molecule has 0 unspecified atom stereocenters. The predicted molar refractivity (Wildman–Crippen MR) is 115 cm³/mol. The van der Waals surface area contributed by atoms with E-state index in [4.69, 9.17) is 4.74 Å². The van der Waals surface area contributed by atoms with Crippen molar-refractivity contribution < 1.29 is 23.9 Å². The molecule has 0 saturated carbocycles. The molecule has 1 saturated heterocycles. The van der Waals surface area contributed by atoms with Crippen LogP contribution in [0.5, 0.6) is 5.75 Å². The number of amides is 5. The Bertz CT molecular complexity index is 1150. The number of ether oxygens (including phenoxy) is 1. The molecule has 2 atom stereocenters. The zero-order valence-electron chi connectivity index (χ0n) is 17.5. The predicted octanol–water partition coefficient (Wildman–Crippen LogP) is 1.98. The molecule has 0 radical (unpaired) electrons. The van der Waals surface area contributed by atoms with Gasteiger partial charge in [0.1, 0.15) is 12.3 Å². The minimum Gasteiger partial charge on any atom is -0.493 e. The number of fused-ring (bicyclic) bond motifs is 3. The van der Waals surface area contributed by atoms with Crippen molar-refractivity contribution >= 4 is 35.1 Å². The van der Waals surface area contributed by atoms with Crippen molar-refractivity contribution in [2.24, 2.45) is 0 Å². The topological polar surface area (TPSA) is 108 Å². The van der Waals surface area contributed by atoms with Gasteiger partial charge in [-0.15, -0.1) is 0 Å². The van der Waals surface area contributed by atoms with Crippen LogP contribution < -0.4 is 20.3 Å². The van der Waals surface area contributed by atoms with Crippen LogP contribution >= 0.6 is 0 Å². The van der Waals surface area contributed by atoms with Crippen molar-refractivity contribution in [2.45, 2.75) is 31.3 Å². The van der Waals surface area contributed by atoms with Crippen LogP contribution in [0.3, 0.4) is 0 Å². The lowest BCUT2D eigenvalue weighted by molar-refractivity contribution is -0.135. The first-order valence-corrected chi connectivity index (χ1v) is 10.5. The maximum absolute atomic E-state index is 13.5. The van der Waals surface area contributed by atoms with Crippen molar-refractivity contribution in [3.63, 3.8) is 0 Å². The van der Waals surface area contributed by atoms with Gasteiger partial charge >= 0.3 is 6.03 Å². The summed E-state index contributed by atoms with van der Waals surface area (Å²) in [4.78, 5) is 54.3. The Hall–Kier alpha value is -3.88. The molecule has 32 heavy (non-hydrogen) atoms. The number of nitrogens with one attached hydrogen (secondary N) is 2. The number of benzene rings is 2. The maximum Gasteiger partial charge on any atom is 0.325 e. The highest BCUT2D eigenvalue weighted by molar-refractivity contribution is 6.12. The molecule has 0 bridgehead atoms. The quantitative estimate of drug-likeness (QED) is 0.703. The second-order valence-corrected chi connectivity index (χ2v) is 8.20. The highest BCUT2D eigenvalue weighted by Gasteiger charge is 2.55. The average molecular weight is 434 g/mol. The van der Waals surface area contributed by atoms with Crippen LogP contribution in [0.15, 0.2) is 48.5 Å². The third kappa shape index (κ3) is 3.00. The summed E-state index contributed by atoms with van der Waals surface area (Å²) < 4.78 is 5.65. The first-order chi connectivity index (χ1) is 15.4. The van der Waals surface area contributed by atoms with E-state index in [1.54, 1.807) is 55.5 Å². The molecule has 1 spiro atoms. The summed E-state index contributed by atoms with van der Waals surface area (Å²) >= 11 is 0. The lowest BCUT2D eigenvalue weighted by atomic mass is 9.84. The van der Waals surface area contributed by atoms with Crippen LogP contribution in [0, 0.1) is 0 Å². The number of imide groups is 1. The van der Waals surface area contributed by atoms with Gasteiger partial charge in [-0.3, -0.25) is 19.3 Å². The zero-order valence-corrected chi connectivity index (χ0v) is 17.5. The fraction of sp³-hybridized carbons (Fsp3) is 0.304. The summed E-state index contributed by atoms with van der Waals surface area (Å²) in [5.74, 6) is -0.577. The molecule has 3 aliphatic rings. The third-order valence-corrected chi connectivity index (χ3v) is 6.18. The van der Waals surface area contributed by atoms with Gasteiger partial charge in [0.05, 0.1) is 18.0 Å². The lowest BCUT2D eigenvalue weighted by Crippen LogP contribution is -2.49. The Morgan fingerprint density at radius 3 is 2.72 bits per heavy atom. The monoisotopic (exact) mass is 434 g/mol. The normalized spacial score (nSPS) is 24.3. The van der Waals surface area contributed by atoms with Gasteiger partial charge in [0, 0.05) is 24.4 Å². The molecular weight excluding hydrogens is 412 g/mol. The van der Waals surface area contributed by atoms with Gasteiger partial charge in [-0.05, 0) is 25.1 Å². The first kappa shape index (κ1) is 20.0. The van der Waals surface area contributed by atoms with Crippen molar-refractivity contribution in [2.75, 3.05) is 23.4 Å². The Kier molecular flexibility index (Phi) is 4.61. The van der Waals surface area contributed by atoms with Gasteiger partial charge in [-0.1, -0.05) is 30.3 Å². The van der Waals surface area contributed by atoms with Crippen LogP contribution in [-0.2, 0) is 19.9 Å².